The van der Waals surface area contributed by atoms with Gasteiger partial charge in [-0.3, -0.25) is 14.9 Å². The molecule has 0 fully saturated rings. The Bertz CT molecular complexity index is 1100. The molecule has 1 N–H and O–H groups in total. The number of nitrogens with zero attached hydrogens (tertiary/aromatic N) is 1. The first kappa shape index (κ1) is 23.9. The van der Waals surface area contributed by atoms with E-state index in [1.54, 1.807) is 24.3 Å². The van der Waals surface area contributed by atoms with Crippen LogP contribution >= 0.6 is 0 Å². The van der Waals surface area contributed by atoms with E-state index in [9.17, 15) is 14.9 Å². The van der Waals surface area contributed by atoms with Crippen LogP contribution in [-0.4, -0.2) is 17.4 Å². The number of hydrogen-bond donors (Lipinski definition) is 1. The van der Waals surface area contributed by atoms with Gasteiger partial charge in [0.1, 0.15) is 12.4 Å². The van der Waals surface area contributed by atoms with Crippen molar-refractivity contribution in [3.05, 3.63) is 94.0 Å². The van der Waals surface area contributed by atoms with Crippen molar-refractivity contribution in [3.63, 3.8) is 0 Å². The first-order chi connectivity index (χ1) is 15.8. The number of nitro groups is 1. The van der Waals surface area contributed by atoms with Crippen LogP contribution in [-0.2, 0) is 21.6 Å². The van der Waals surface area contributed by atoms with Crippen molar-refractivity contribution in [2.45, 2.75) is 39.2 Å². The van der Waals surface area contributed by atoms with E-state index in [0.29, 0.717) is 17.0 Å². The largest absolute Gasteiger partial charge is 0.450 e. The number of ether oxygens (including phenoxy) is 2. The molecule has 0 aliphatic rings. The highest BCUT2D eigenvalue weighted by Gasteiger charge is 2.19. The molecule has 0 saturated carbocycles. The summed E-state index contributed by atoms with van der Waals surface area (Å²) in [5.41, 5.74) is 2.41. The summed E-state index contributed by atoms with van der Waals surface area (Å²) in [5, 5.41) is 14.2. The van der Waals surface area contributed by atoms with Crippen molar-refractivity contribution in [1.29, 1.82) is 0 Å². The quantitative estimate of drug-likeness (QED) is 0.293. The van der Waals surface area contributed by atoms with E-state index in [1.807, 2.05) is 42.5 Å². The van der Waals surface area contributed by atoms with Gasteiger partial charge in [0.2, 0.25) is 11.7 Å². The summed E-state index contributed by atoms with van der Waals surface area (Å²) < 4.78 is 11.3. The van der Waals surface area contributed by atoms with Crippen molar-refractivity contribution < 1.29 is 19.2 Å². The van der Waals surface area contributed by atoms with Crippen molar-refractivity contribution in [2.24, 2.45) is 0 Å². The minimum absolute atomic E-state index is 0.0363. The average Bonchev–Trinajstić information content (AvgIpc) is 2.80. The van der Waals surface area contributed by atoms with Gasteiger partial charge >= 0.3 is 5.69 Å². The number of amides is 1. The van der Waals surface area contributed by atoms with Gasteiger partial charge in [-0.2, -0.15) is 0 Å². The molecule has 0 aliphatic carbocycles. The molecule has 7 nitrogen and oxygen atoms in total. The van der Waals surface area contributed by atoms with E-state index < -0.39 is 4.92 Å². The van der Waals surface area contributed by atoms with Gasteiger partial charge in [-0.1, -0.05) is 51.1 Å². The van der Waals surface area contributed by atoms with E-state index in [-0.39, 0.29) is 36.0 Å². The molecule has 0 atom stereocenters. The molecule has 33 heavy (non-hydrogen) atoms. The zero-order chi connectivity index (χ0) is 23.8. The average molecular weight is 449 g/mol. The van der Waals surface area contributed by atoms with E-state index in [4.69, 9.17) is 9.47 Å². The Morgan fingerprint density at radius 3 is 2.36 bits per heavy atom. The lowest BCUT2D eigenvalue weighted by Gasteiger charge is -2.23. The molecule has 0 unspecified atom stereocenters. The Morgan fingerprint density at radius 1 is 1.03 bits per heavy atom. The molecule has 0 aliphatic heterocycles. The number of para-hydroxylation sites is 1. The second-order valence-electron chi connectivity index (χ2n) is 8.33. The van der Waals surface area contributed by atoms with Crippen LogP contribution in [0.15, 0.2) is 72.8 Å². The highest BCUT2D eigenvalue weighted by Crippen LogP contribution is 2.34. The summed E-state index contributed by atoms with van der Waals surface area (Å²) in [5.74, 6) is 0.348. The van der Waals surface area contributed by atoms with Gasteiger partial charge in [0.05, 0.1) is 11.5 Å². The van der Waals surface area contributed by atoms with Crippen LogP contribution in [0.25, 0.3) is 0 Å². The number of nitrogens with one attached hydrogen (secondary N) is 1. The van der Waals surface area contributed by atoms with Gasteiger partial charge in [0, 0.05) is 11.8 Å². The molecule has 7 heteroatoms. The van der Waals surface area contributed by atoms with Crippen LogP contribution in [0.5, 0.6) is 11.5 Å². The predicted octanol–water partition coefficient (Wildman–Crippen LogP) is 6.23. The zero-order valence-corrected chi connectivity index (χ0v) is 19.0. The highest BCUT2D eigenvalue weighted by molar-refractivity contribution is 5.91. The van der Waals surface area contributed by atoms with Crippen LogP contribution in [0.4, 0.5) is 11.4 Å². The number of benzene rings is 3. The zero-order valence-electron chi connectivity index (χ0n) is 19.0. The fourth-order valence-corrected chi connectivity index (χ4v) is 3.17. The number of rotatable bonds is 10. The van der Waals surface area contributed by atoms with Gasteiger partial charge in [-0.05, 0) is 59.4 Å². The summed E-state index contributed by atoms with van der Waals surface area (Å²) in [6.45, 7) is 6.43. The third-order valence-electron chi connectivity index (χ3n) is 5.53. The van der Waals surface area contributed by atoms with E-state index >= 15 is 0 Å². The molecule has 0 spiro atoms. The van der Waals surface area contributed by atoms with Gasteiger partial charge in [0.25, 0.3) is 0 Å². The molecule has 1 amide bonds. The molecule has 3 aromatic carbocycles. The van der Waals surface area contributed by atoms with Crippen LogP contribution in [0.3, 0.4) is 0 Å². The Balaban J connectivity index is 1.65. The van der Waals surface area contributed by atoms with Crippen LogP contribution in [0, 0.1) is 10.1 Å². The Kier molecular flexibility index (Phi) is 7.79. The first-order valence-electron chi connectivity index (χ1n) is 10.8. The van der Waals surface area contributed by atoms with Gasteiger partial charge in [0.15, 0.2) is 0 Å². The van der Waals surface area contributed by atoms with Crippen LogP contribution < -0.4 is 10.1 Å². The first-order valence-corrected chi connectivity index (χ1v) is 10.8. The number of carbonyl (C=O) groups excluding carboxylic acids is 1. The molecule has 0 saturated heterocycles. The number of nitro benzene ring substituents is 1. The van der Waals surface area contributed by atoms with Crippen LogP contribution in [0.1, 0.15) is 38.3 Å². The van der Waals surface area contributed by atoms with Gasteiger partial charge < -0.3 is 14.8 Å². The third-order valence-corrected chi connectivity index (χ3v) is 5.53. The SMILES string of the molecule is CCC(C)(C)c1ccc(Oc2cc(COCC(=O)Nc3ccccc3)ccc2[N+](=O)[O-])cc1. The lowest BCUT2D eigenvalue weighted by atomic mass is 9.82. The van der Waals surface area contributed by atoms with E-state index in [2.05, 4.69) is 26.1 Å². The lowest BCUT2D eigenvalue weighted by molar-refractivity contribution is -0.385. The smallest absolute Gasteiger partial charge is 0.311 e. The minimum Gasteiger partial charge on any atom is -0.450 e. The summed E-state index contributed by atoms with van der Waals surface area (Å²) >= 11 is 0. The molecule has 0 radical (unpaired) electrons. The molecule has 0 bridgehead atoms. The molecular weight excluding hydrogens is 420 g/mol. The summed E-state index contributed by atoms with van der Waals surface area (Å²) in [6, 6.07) is 21.2. The predicted molar refractivity (Wildman–Crippen MR) is 128 cm³/mol. The van der Waals surface area contributed by atoms with Gasteiger partial charge in [-0.25, -0.2) is 0 Å². The number of anilines is 1. The fraction of sp³-hybridized carbons (Fsp3) is 0.269. The minimum atomic E-state index is -0.484. The van der Waals surface area contributed by atoms with Crippen molar-refractivity contribution in [1.82, 2.24) is 0 Å². The normalized spacial score (nSPS) is 11.1. The molecule has 3 aromatic rings. The summed E-state index contributed by atoms with van der Waals surface area (Å²) in [7, 11) is 0. The standard InChI is InChI=1S/C26H28N2O5/c1-4-26(2,3)20-11-13-22(14-12-20)33-24-16-19(10-15-23(24)28(30)31)17-32-18-25(29)27-21-8-6-5-7-9-21/h5-16H,4,17-18H2,1-3H3,(H,27,29). The maximum absolute atomic E-state index is 12.0. The Hall–Kier alpha value is -3.71. The fourth-order valence-electron chi connectivity index (χ4n) is 3.17. The van der Waals surface area contributed by atoms with Crippen molar-refractivity contribution in [3.8, 4) is 11.5 Å². The molecule has 172 valence electrons. The summed E-state index contributed by atoms with van der Waals surface area (Å²) in [4.78, 5) is 23.0. The van der Waals surface area contributed by atoms with Gasteiger partial charge in [-0.15, -0.1) is 0 Å². The Labute approximate surface area is 193 Å². The number of hydrogen-bond acceptors (Lipinski definition) is 5. The Morgan fingerprint density at radius 2 is 1.73 bits per heavy atom. The van der Waals surface area contributed by atoms with Crippen LogP contribution in [0.2, 0.25) is 0 Å². The third kappa shape index (κ3) is 6.63. The molecule has 0 aromatic heterocycles. The van der Waals surface area contributed by atoms with Crippen molar-refractivity contribution in [2.75, 3.05) is 11.9 Å². The van der Waals surface area contributed by atoms with E-state index in [0.717, 1.165) is 6.42 Å². The number of carbonyl (C=O) groups is 1. The molecule has 3 rings (SSSR count). The highest BCUT2D eigenvalue weighted by atomic mass is 16.6. The molecule has 0 heterocycles. The maximum atomic E-state index is 12.0. The lowest BCUT2D eigenvalue weighted by Crippen LogP contribution is -2.18. The maximum Gasteiger partial charge on any atom is 0.311 e. The van der Waals surface area contributed by atoms with Crippen molar-refractivity contribution >= 4 is 17.3 Å². The second kappa shape index (κ2) is 10.7. The second-order valence-corrected chi connectivity index (χ2v) is 8.33. The molecular formula is C26H28N2O5. The monoisotopic (exact) mass is 448 g/mol. The topological polar surface area (TPSA) is 90.7 Å². The summed E-state index contributed by atoms with van der Waals surface area (Å²) in [6.07, 6.45) is 0.990. The van der Waals surface area contributed by atoms with E-state index in [1.165, 1.54) is 11.6 Å².